The Morgan fingerprint density at radius 1 is 1.54 bits per heavy atom. The van der Waals surface area contributed by atoms with Crippen molar-refractivity contribution in [2.45, 2.75) is 32.8 Å². The van der Waals surface area contributed by atoms with Crippen molar-refractivity contribution < 1.29 is 4.74 Å². The Hall–Kier alpha value is -0.820. The smallest absolute Gasteiger partial charge is 0.0583 e. The summed E-state index contributed by atoms with van der Waals surface area (Å²) in [5.74, 6) is 0. The molecule has 1 nitrogen and oxygen atoms in total. The van der Waals surface area contributed by atoms with Gasteiger partial charge in [0.05, 0.1) is 6.10 Å². The van der Waals surface area contributed by atoms with Crippen LogP contribution >= 0.6 is 0 Å². The van der Waals surface area contributed by atoms with Crippen LogP contribution in [0.1, 0.15) is 26.7 Å². The molecule has 0 aromatic rings. The summed E-state index contributed by atoms with van der Waals surface area (Å²) < 4.78 is 5.18. The molecule has 74 valence electrons. The van der Waals surface area contributed by atoms with Gasteiger partial charge in [-0.2, -0.15) is 0 Å². The third kappa shape index (κ3) is 6.35. The molecular formula is C12H20O. The summed E-state index contributed by atoms with van der Waals surface area (Å²) in [6.07, 6.45) is 10.4. The van der Waals surface area contributed by atoms with Crippen LogP contribution in [0.2, 0.25) is 0 Å². The van der Waals surface area contributed by atoms with Crippen molar-refractivity contribution in [2.75, 3.05) is 7.11 Å². The predicted molar refractivity (Wildman–Crippen MR) is 58.8 cm³/mol. The fourth-order valence-electron chi connectivity index (χ4n) is 0.962. The Morgan fingerprint density at radius 3 is 2.69 bits per heavy atom. The van der Waals surface area contributed by atoms with Crippen LogP contribution in [0.15, 0.2) is 36.5 Å². The summed E-state index contributed by atoms with van der Waals surface area (Å²) in [5, 5.41) is 0. The van der Waals surface area contributed by atoms with Gasteiger partial charge in [0.2, 0.25) is 0 Å². The molecule has 0 fully saturated rings. The van der Waals surface area contributed by atoms with Gasteiger partial charge in [0.1, 0.15) is 0 Å². The number of methoxy groups -OCH3 is 1. The molecule has 0 aromatic carbocycles. The van der Waals surface area contributed by atoms with Crippen LogP contribution in [0.5, 0.6) is 0 Å². The Kier molecular flexibility index (Phi) is 7.32. The van der Waals surface area contributed by atoms with Crippen molar-refractivity contribution in [1.29, 1.82) is 0 Å². The van der Waals surface area contributed by atoms with Crippen LogP contribution in [-0.4, -0.2) is 13.2 Å². The van der Waals surface area contributed by atoms with Gasteiger partial charge < -0.3 is 4.74 Å². The molecule has 0 aliphatic rings. The lowest BCUT2D eigenvalue weighted by molar-refractivity contribution is 0.119. The average molecular weight is 180 g/mol. The molecule has 0 aromatic heterocycles. The zero-order chi connectivity index (χ0) is 10.1. The van der Waals surface area contributed by atoms with E-state index in [-0.39, 0.29) is 6.10 Å². The molecule has 1 unspecified atom stereocenters. The molecule has 0 saturated heterocycles. The molecule has 1 heteroatoms. The highest BCUT2D eigenvalue weighted by molar-refractivity contribution is 5.22. The predicted octanol–water partition coefficient (Wildman–Crippen LogP) is 3.49. The zero-order valence-electron chi connectivity index (χ0n) is 8.92. The van der Waals surface area contributed by atoms with E-state index in [4.69, 9.17) is 4.74 Å². The van der Waals surface area contributed by atoms with Crippen molar-refractivity contribution in [3.8, 4) is 0 Å². The molecule has 0 aliphatic heterocycles. The van der Waals surface area contributed by atoms with Crippen molar-refractivity contribution in [2.24, 2.45) is 0 Å². The van der Waals surface area contributed by atoms with E-state index in [1.165, 1.54) is 5.57 Å². The van der Waals surface area contributed by atoms with Crippen LogP contribution in [-0.2, 0) is 4.74 Å². The molecule has 0 aliphatic carbocycles. The number of ether oxygens (including phenoxy) is 1. The lowest BCUT2D eigenvalue weighted by Crippen LogP contribution is -2.04. The summed E-state index contributed by atoms with van der Waals surface area (Å²) in [7, 11) is 1.73. The largest absolute Gasteiger partial charge is 0.381 e. The van der Waals surface area contributed by atoms with Crippen LogP contribution in [0.4, 0.5) is 0 Å². The minimum absolute atomic E-state index is 0.263. The monoisotopic (exact) mass is 180 g/mol. The number of allylic oxidation sites excluding steroid dienone is 4. The first-order chi connectivity index (χ1) is 6.24. The molecule has 0 bridgehead atoms. The van der Waals surface area contributed by atoms with Crippen LogP contribution < -0.4 is 0 Å². The average Bonchev–Trinajstić information content (AvgIpc) is 2.16. The number of rotatable bonds is 6. The Balaban J connectivity index is 4.08. The molecule has 0 N–H and O–H groups in total. The quantitative estimate of drug-likeness (QED) is 0.568. The molecule has 0 saturated carbocycles. The molecule has 0 rings (SSSR count). The SMILES string of the molecule is C=C/C(=C\C=C/CC)CC(C)OC. The second-order valence-electron chi connectivity index (χ2n) is 3.03. The summed E-state index contributed by atoms with van der Waals surface area (Å²) in [4.78, 5) is 0. The van der Waals surface area contributed by atoms with E-state index >= 15 is 0 Å². The van der Waals surface area contributed by atoms with Crippen LogP contribution in [0.25, 0.3) is 0 Å². The Morgan fingerprint density at radius 2 is 2.23 bits per heavy atom. The van der Waals surface area contributed by atoms with Crippen LogP contribution in [0, 0.1) is 0 Å². The van der Waals surface area contributed by atoms with E-state index in [0.717, 1.165) is 12.8 Å². The second-order valence-corrected chi connectivity index (χ2v) is 3.03. The third-order valence-electron chi connectivity index (χ3n) is 1.87. The van der Waals surface area contributed by atoms with Gasteiger partial charge in [-0.05, 0) is 25.3 Å². The first kappa shape index (κ1) is 12.2. The van der Waals surface area contributed by atoms with Crippen molar-refractivity contribution in [3.63, 3.8) is 0 Å². The highest BCUT2D eigenvalue weighted by Crippen LogP contribution is 2.08. The standard InChI is InChI=1S/C12H20O/c1-5-7-8-9-12(6-2)10-11(3)13-4/h6-9,11H,2,5,10H2,1,3-4H3/b8-7-,12-9+. The summed E-state index contributed by atoms with van der Waals surface area (Å²) >= 11 is 0. The first-order valence-electron chi connectivity index (χ1n) is 4.75. The van der Waals surface area contributed by atoms with E-state index in [9.17, 15) is 0 Å². The third-order valence-corrected chi connectivity index (χ3v) is 1.87. The summed E-state index contributed by atoms with van der Waals surface area (Å²) in [6, 6.07) is 0. The maximum atomic E-state index is 5.18. The van der Waals surface area contributed by atoms with Gasteiger partial charge in [-0.15, -0.1) is 0 Å². The van der Waals surface area contributed by atoms with E-state index in [1.807, 2.05) is 6.08 Å². The van der Waals surface area contributed by atoms with Gasteiger partial charge in [0.25, 0.3) is 0 Å². The highest BCUT2D eigenvalue weighted by atomic mass is 16.5. The van der Waals surface area contributed by atoms with Gasteiger partial charge in [-0.25, -0.2) is 0 Å². The Labute approximate surface area is 81.8 Å². The van der Waals surface area contributed by atoms with E-state index in [1.54, 1.807) is 7.11 Å². The van der Waals surface area contributed by atoms with Crippen molar-refractivity contribution in [3.05, 3.63) is 36.5 Å². The van der Waals surface area contributed by atoms with Crippen molar-refractivity contribution >= 4 is 0 Å². The molecular weight excluding hydrogens is 160 g/mol. The first-order valence-corrected chi connectivity index (χ1v) is 4.75. The van der Waals surface area contributed by atoms with Crippen LogP contribution in [0.3, 0.4) is 0 Å². The van der Waals surface area contributed by atoms with Gasteiger partial charge in [0.15, 0.2) is 0 Å². The lowest BCUT2D eigenvalue weighted by atomic mass is 10.1. The van der Waals surface area contributed by atoms with E-state index in [0.29, 0.717) is 0 Å². The normalized spacial score (nSPS) is 14.8. The molecule has 0 radical (unpaired) electrons. The van der Waals surface area contributed by atoms with Crippen molar-refractivity contribution in [1.82, 2.24) is 0 Å². The Bertz CT molecular complexity index is 189. The van der Waals surface area contributed by atoms with Gasteiger partial charge in [-0.1, -0.05) is 37.8 Å². The van der Waals surface area contributed by atoms with Gasteiger partial charge >= 0.3 is 0 Å². The highest BCUT2D eigenvalue weighted by Gasteiger charge is 1.99. The molecule has 0 spiro atoms. The molecule has 0 amide bonds. The van der Waals surface area contributed by atoms with E-state index in [2.05, 4.69) is 38.7 Å². The fraction of sp³-hybridized carbons (Fsp3) is 0.500. The number of hydrogen-bond acceptors (Lipinski definition) is 1. The maximum absolute atomic E-state index is 5.18. The van der Waals surface area contributed by atoms with E-state index < -0.39 is 0 Å². The summed E-state index contributed by atoms with van der Waals surface area (Å²) in [6.45, 7) is 7.95. The minimum Gasteiger partial charge on any atom is -0.381 e. The minimum atomic E-state index is 0.263. The molecule has 0 heterocycles. The summed E-state index contributed by atoms with van der Waals surface area (Å²) in [5.41, 5.74) is 1.22. The van der Waals surface area contributed by atoms with Gasteiger partial charge in [0, 0.05) is 7.11 Å². The van der Waals surface area contributed by atoms with Gasteiger partial charge in [-0.3, -0.25) is 0 Å². The molecule has 13 heavy (non-hydrogen) atoms. The fourth-order valence-corrected chi connectivity index (χ4v) is 0.962. The lowest BCUT2D eigenvalue weighted by Gasteiger charge is -2.08. The zero-order valence-corrected chi connectivity index (χ0v) is 8.92. The molecule has 1 atom stereocenters. The topological polar surface area (TPSA) is 9.23 Å². The second kappa shape index (κ2) is 7.81. The number of hydrogen-bond donors (Lipinski definition) is 0. The maximum Gasteiger partial charge on any atom is 0.0583 e.